The van der Waals surface area contributed by atoms with Crippen molar-refractivity contribution in [1.82, 2.24) is 0 Å². The zero-order valence-corrected chi connectivity index (χ0v) is 13.4. The Hall–Kier alpha value is -0.0400. The summed E-state index contributed by atoms with van der Waals surface area (Å²) in [7, 11) is 0. The molecule has 0 aromatic heterocycles. The van der Waals surface area contributed by atoms with Crippen molar-refractivity contribution in [3.63, 3.8) is 0 Å². The molecule has 0 amide bonds. The Morgan fingerprint density at radius 1 is 0.850 bits per heavy atom. The van der Waals surface area contributed by atoms with E-state index in [2.05, 4.69) is 6.92 Å². The first-order valence-electron chi connectivity index (χ1n) is 9.33. The summed E-state index contributed by atoms with van der Waals surface area (Å²) in [4.78, 5) is 0. The number of hydrogen-bond donors (Lipinski definition) is 1. The maximum atomic E-state index is 6.75. The maximum Gasteiger partial charge on any atom is 0.0154 e. The molecule has 114 valence electrons. The van der Waals surface area contributed by atoms with E-state index >= 15 is 0 Å². The van der Waals surface area contributed by atoms with E-state index in [0.717, 1.165) is 29.1 Å². The first-order valence-corrected chi connectivity index (χ1v) is 9.33. The Labute approximate surface area is 125 Å². The van der Waals surface area contributed by atoms with Gasteiger partial charge in [0.2, 0.25) is 0 Å². The molecule has 2 N–H and O–H groups in total. The van der Waals surface area contributed by atoms with Gasteiger partial charge in [0.15, 0.2) is 0 Å². The van der Waals surface area contributed by atoms with Gasteiger partial charge in [-0.1, -0.05) is 6.92 Å². The van der Waals surface area contributed by atoms with Gasteiger partial charge in [-0.05, 0) is 106 Å². The number of nitrogens with two attached hydrogens (primary N) is 1. The second-order valence-corrected chi connectivity index (χ2v) is 9.46. The van der Waals surface area contributed by atoms with E-state index in [1.807, 2.05) is 0 Å². The van der Waals surface area contributed by atoms with Gasteiger partial charge in [-0.3, -0.25) is 0 Å². The van der Waals surface area contributed by atoms with E-state index in [-0.39, 0.29) is 5.54 Å². The van der Waals surface area contributed by atoms with Gasteiger partial charge in [-0.25, -0.2) is 0 Å². The van der Waals surface area contributed by atoms with Crippen molar-refractivity contribution >= 4 is 0 Å². The molecule has 0 atom stereocenters. The minimum atomic E-state index is 0.204. The average Bonchev–Trinajstić information content (AvgIpc) is 2.39. The second kappa shape index (κ2) is 4.73. The van der Waals surface area contributed by atoms with E-state index < -0.39 is 0 Å². The molecule has 0 heterocycles. The quantitative estimate of drug-likeness (QED) is 0.779. The molecule has 0 radical (unpaired) electrons. The summed E-state index contributed by atoms with van der Waals surface area (Å²) in [5.74, 6) is 4.22. The Balaban J connectivity index is 1.39. The van der Waals surface area contributed by atoms with Crippen molar-refractivity contribution < 1.29 is 0 Å². The zero-order valence-electron chi connectivity index (χ0n) is 13.4. The fraction of sp³-hybridized carbons (Fsp3) is 1.00. The maximum absolute atomic E-state index is 6.75. The van der Waals surface area contributed by atoms with E-state index in [9.17, 15) is 0 Å². The molecule has 20 heavy (non-hydrogen) atoms. The molecule has 5 rings (SSSR count). The van der Waals surface area contributed by atoms with Crippen LogP contribution in [-0.2, 0) is 0 Å². The van der Waals surface area contributed by atoms with E-state index in [4.69, 9.17) is 5.73 Å². The van der Waals surface area contributed by atoms with Crippen molar-refractivity contribution in [2.45, 2.75) is 89.5 Å². The van der Waals surface area contributed by atoms with E-state index in [1.165, 1.54) is 38.5 Å². The van der Waals surface area contributed by atoms with Gasteiger partial charge in [-0.15, -0.1) is 0 Å². The largest absolute Gasteiger partial charge is 0.325 e. The second-order valence-electron chi connectivity index (χ2n) is 9.46. The van der Waals surface area contributed by atoms with Crippen LogP contribution in [0, 0.1) is 29.1 Å². The lowest BCUT2D eigenvalue weighted by Crippen LogP contribution is -2.49. The van der Waals surface area contributed by atoms with Crippen molar-refractivity contribution in [2.75, 3.05) is 0 Å². The fourth-order valence-corrected chi connectivity index (χ4v) is 6.70. The summed E-state index contributed by atoms with van der Waals surface area (Å²) in [5, 5.41) is 0. The summed E-state index contributed by atoms with van der Waals surface area (Å²) in [6.07, 6.45) is 17.5. The lowest BCUT2D eigenvalue weighted by atomic mass is 9.48. The summed E-state index contributed by atoms with van der Waals surface area (Å²) in [6, 6.07) is 0. The summed E-state index contributed by atoms with van der Waals surface area (Å²) >= 11 is 0. The third-order valence-electron chi connectivity index (χ3n) is 7.59. The average molecular weight is 275 g/mol. The first-order chi connectivity index (χ1) is 9.54. The monoisotopic (exact) mass is 275 g/mol. The Bertz CT molecular complexity index is 329. The highest BCUT2D eigenvalue weighted by molar-refractivity contribution is 5.02. The minimum Gasteiger partial charge on any atom is -0.325 e. The molecule has 0 unspecified atom stereocenters. The first kappa shape index (κ1) is 13.6. The zero-order chi connectivity index (χ0) is 13.8. The third-order valence-corrected chi connectivity index (χ3v) is 7.59. The van der Waals surface area contributed by atoms with Gasteiger partial charge >= 0.3 is 0 Å². The number of rotatable bonds is 3. The molecule has 5 aliphatic rings. The highest BCUT2D eigenvalue weighted by atomic mass is 14.7. The molecule has 0 aromatic carbocycles. The van der Waals surface area contributed by atoms with Crippen LogP contribution in [0.15, 0.2) is 0 Å². The van der Waals surface area contributed by atoms with E-state index in [1.54, 1.807) is 38.5 Å². The lowest BCUT2D eigenvalue weighted by Gasteiger charge is -2.57. The Morgan fingerprint density at radius 2 is 1.35 bits per heavy atom. The van der Waals surface area contributed by atoms with Crippen molar-refractivity contribution in [3.8, 4) is 0 Å². The summed E-state index contributed by atoms with van der Waals surface area (Å²) in [6.45, 7) is 2.40. The van der Waals surface area contributed by atoms with Crippen LogP contribution in [0.1, 0.15) is 84.0 Å². The highest BCUT2D eigenvalue weighted by Crippen LogP contribution is 2.62. The normalized spacial score (nSPS) is 54.3. The fourth-order valence-electron chi connectivity index (χ4n) is 6.70. The summed E-state index contributed by atoms with van der Waals surface area (Å²) < 4.78 is 0. The smallest absolute Gasteiger partial charge is 0.0154 e. The standard InChI is InChI=1S/C19H33N/c1-14-2-4-19(20,5-3-14)7-6-18-11-15-8-16(12-18)10-17(9-15)13-18/h14-17H,2-13,20H2,1H3. The van der Waals surface area contributed by atoms with Crippen LogP contribution in [0.3, 0.4) is 0 Å². The highest BCUT2D eigenvalue weighted by Gasteiger charge is 2.51. The van der Waals surface area contributed by atoms with Crippen molar-refractivity contribution in [1.29, 1.82) is 0 Å². The van der Waals surface area contributed by atoms with Gasteiger partial charge in [-0.2, -0.15) is 0 Å². The van der Waals surface area contributed by atoms with E-state index in [0.29, 0.717) is 0 Å². The Kier molecular flexibility index (Phi) is 3.22. The number of hydrogen-bond acceptors (Lipinski definition) is 1. The summed E-state index contributed by atoms with van der Waals surface area (Å²) in [5.41, 5.74) is 7.70. The van der Waals surface area contributed by atoms with Gasteiger partial charge < -0.3 is 5.73 Å². The van der Waals surface area contributed by atoms with Crippen LogP contribution < -0.4 is 5.73 Å². The van der Waals surface area contributed by atoms with Crippen LogP contribution in [-0.4, -0.2) is 5.54 Å². The van der Waals surface area contributed by atoms with Crippen LogP contribution in [0.5, 0.6) is 0 Å². The van der Waals surface area contributed by atoms with Crippen molar-refractivity contribution in [2.24, 2.45) is 34.8 Å². The minimum absolute atomic E-state index is 0.204. The molecule has 0 saturated heterocycles. The van der Waals surface area contributed by atoms with Gasteiger partial charge in [0, 0.05) is 5.54 Å². The molecule has 0 aromatic rings. The molecule has 0 aliphatic heterocycles. The van der Waals surface area contributed by atoms with Gasteiger partial charge in [0.25, 0.3) is 0 Å². The molecule has 1 heteroatoms. The third kappa shape index (κ3) is 2.45. The van der Waals surface area contributed by atoms with Crippen LogP contribution in [0.25, 0.3) is 0 Å². The predicted molar refractivity (Wildman–Crippen MR) is 84.4 cm³/mol. The molecular formula is C19H33N. The Morgan fingerprint density at radius 3 is 1.85 bits per heavy atom. The van der Waals surface area contributed by atoms with Crippen molar-refractivity contribution in [3.05, 3.63) is 0 Å². The van der Waals surface area contributed by atoms with Gasteiger partial charge in [0.1, 0.15) is 0 Å². The predicted octanol–water partition coefficient (Wildman–Crippen LogP) is 4.89. The molecule has 4 bridgehead atoms. The molecule has 0 spiro atoms. The SMILES string of the molecule is CC1CCC(N)(CCC23CC4CC(CC(C4)C2)C3)CC1. The lowest BCUT2D eigenvalue weighted by molar-refractivity contribution is -0.0616. The molecular weight excluding hydrogens is 242 g/mol. The topological polar surface area (TPSA) is 26.0 Å². The molecule has 5 fully saturated rings. The molecule has 1 nitrogen and oxygen atoms in total. The van der Waals surface area contributed by atoms with Crippen LogP contribution in [0.2, 0.25) is 0 Å². The molecule has 5 aliphatic carbocycles. The van der Waals surface area contributed by atoms with Crippen LogP contribution >= 0.6 is 0 Å². The molecule has 5 saturated carbocycles. The van der Waals surface area contributed by atoms with Gasteiger partial charge in [0.05, 0.1) is 0 Å². The van der Waals surface area contributed by atoms with Crippen LogP contribution in [0.4, 0.5) is 0 Å².